The van der Waals surface area contributed by atoms with Crippen molar-refractivity contribution in [1.29, 1.82) is 0 Å². The molecule has 0 radical (unpaired) electrons. The van der Waals surface area contributed by atoms with Crippen LogP contribution in [0.5, 0.6) is 0 Å². The predicted molar refractivity (Wildman–Crippen MR) is 224 cm³/mol. The molecule has 0 spiro atoms. The number of hydrogen-bond donors (Lipinski definition) is 0. The standard InChI is InChI=1S/C51H34N2O/c1-51(2)44-28-33(21-23-39(44)43-25-20-31-12-6-7-15-36(31)49(43)51)35-26-27-40(38-17-9-8-16-37(35)38)46-30-45(52-50(53-46)32-13-4-3-5-14-32)34-22-24-42-41-18-10-11-19-47(41)54-48(42)29-34/h3-30H,1-2H3. The summed E-state index contributed by atoms with van der Waals surface area (Å²) in [5.74, 6) is 0.689. The maximum Gasteiger partial charge on any atom is 0.160 e. The number of aromatic nitrogens is 2. The van der Waals surface area contributed by atoms with Crippen molar-refractivity contribution in [2.24, 2.45) is 0 Å². The monoisotopic (exact) mass is 690 g/mol. The fourth-order valence-electron chi connectivity index (χ4n) is 8.88. The van der Waals surface area contributed by atoms with Crippen LogP contribution in [0.4, 0.5) is 0 Å². The second-order valence-corrected chi connectivity index (χ2v) is 14.9. The van der Waals surface area contributed by atoms with E-state index in [0.717, 1.165) is 55.4 Å². The molecular formula is C51H34N2O. The Hall–Kier alpha value is -6.84. The first-order chi connectivity index (χ1) is 26.5. The van der Waals surface area contributed by atoms with Crippen LogP contribution in [0.3, 0.4) is 0 Å². The quantitative estimate of drug-likeness (QED) is 0.184. The van der Waals surface area contributed by atoms with Crippen LogP contribution >= 0.6 is 0 Å². The lowest BCUT2D eigenvalue weighted by Gasteiger charge is -2.24. The Morgan fingerprint density at radius 2 is 1.04 bits per heavy atom. The molecule has 8 aromatic carbocycles. The first kappa shape index (κ1) is 30.8. The van der Waals surface area contributed by atoms with E-state index in [1.165, 1.54) is 49.5 Å². The first-order valence-corrected chi connectivity index (χ1v) is 18.6. The Labute approximate surface area is 313 Å². The van der Waals surface area contributed by atoms with E-state index in [4.69, 9.17) is 14.4 Å². The lowest BCUT2D eigenvalue weighted by Crippen LogP contribution is -2.15. The molecule has 54 heavy (non-hydrogen) atoms. The Morgan fingerprint density at radius 1 is 0.407 bits per heavy atom. The summed E-state index contributed by atoms with van der Waals surface area (Å²) in [5, 5.41) is 7.19. The summed E-state index contributed by atoms with van der Waals surface area (Å²) in [6, 6.07) is 60.6. The van der Waals surface area contributed by atoms with Crippen LogP contribution in [0.15, 0.2) is 174 Å². The topological polar surface area (TPSA) is 38.9 Å². The molecule has 1 aliphatic carbocycles. The van der Waals surface area contributed by atoms with Gasteiger partial charge in [-0.15, -0.1) is 0 Å². The minimum atomic E-state index is -0.131. The molecule has 2 heterocycles. The van der Waals surface area contributed by atoms with Crippen molar-refractivity contribution in [3.05, 3.63) is 181 Å². The third-order valence-corrected chi connectivity index (χ3v) is 11.5. The van der Waals surface area contributed by atoms with Crippen molar-refractivity contribution in [2.45, 2.75) is 19.3 Å². The van der Waals surface area contributed by atoms with Crippen molar-refractivity contribution < 1.29 is 4.42 Å². The van der Waals surface area contributed by atoms with Gasteiger partial charge in [-0.25, -0.2) is 9.97 Å². The van der Waals surface area contributed by atoms with Crippen LogP contribution in [0.25, 0.3) is 99.6 Å². The molecule has 0 atom stereocenters. The van der Waals surface area contributed by atoms with Gasteiger partial charge in [0.15, 0.2) is 5.82 Å². The average Bonchev–Trinajstić information content (AvgIpc) is 3.71. The minimum Gasteiger partial charge on any atom is -0.456 e. The van der Waals surface area contributed by atoms with Crippen molar-refractivity contribution in [3.63, 3.8) is 0 Å². The van der Waals surface area contributed by atoms with E-state index >= 15 is 0 Å². The second kappa shape index (κ2) is 11.6. The van der Waals surface area contributed by atoms with E-state index in [9.17, 15) is 0 Å². The van der Waals surface area contributed by atoms with E-state index in [-0.39, 0.29) is 5.41 Å². The van der Waals surface area contributed by atoms with Gasteiger partial charge in [0.2, 0.25) is 0 Å². The Balaban J connectivity index is 1.06. The van der Waals surface area contributed by atoms with Gasteiger partial charge in [-0.3, -0.25) is 0 Å². The highest BCUT2D eigenvalue weighted by atomic mass is 16.3. The molecule has 0 saturated carbocycles. The highest BCUT2D eigenvalue weighted by Gasteiger charge is 2.37. The molecule has 3 nitrogen and oxygen atoms in total. The molecule has 11 rings (SSSR count). The van der Waals surface area contributed by atoms with E-state index in [2.05, 4.69) is 153 Å². The molecule has 0 fully saturated rings. The zero-order chi connectivity index (χ0) is 36.0. The van der Waals surface area contributed by atoms with Crippen molar-refractivity contribution in [2.75, 3.05) is 0 Å². The van der Waals surface area contributed by atoms with E-state index in [1.54, 1.807) is 0 Å². The molecule has 10 aromatic rings. The van der Waals surface area contributed by atoms with Gasteiger partial charge in [0.25, 0.3) is 0 Å². The van der Waals surface area contributed by atoms with Crippen molar-refractivity contribution in [3.8, 4) is 56.2 Å². The minimum absolute atomic E-state index is 0.131. The van der Waals surface area contributed by atoms with Gasteiger partial charge in [0.05, 0.1) is 11.4 Å². The smallest absolute Gasteiger partial charge is 0.160 e. The Bertz CT molecular complexity index is 3130. The number of furan rings is 1. The van der Waals surface area contributed by atoms with E-state index in [0.29, 0.717) is 5.82 Å². The predicted octanol–water partition coefficient (Wildman–Crippen LogP) is 13.7. The van der Waals surface area contributed by atoms with Gasteiger partial charge in [0.1, 0.15) is 11.2 Å². The van der Waals surface area contributed by atoms with Gasteiger partial charge >= 0.3 is 0 Å². The summed E-state index contributed by atoms with van der Waals surface area (Å²) in [5.41, 5.74) is 14.2. The van der Waals surface area contributed by atoms with Gasteiger partial charge in [-0.2, -0.15) is 0 Å². The van der Waals surface area contributed by atoms with Crippen molar-refractivity contribution >= 4 is 43.5 Å². The average molecular weight is 691 g/mol. The van der Waals surface area contributed by atoms with Crippen LogP contribution in [0, 0.1) is 0 Å². The molecule has 3 heteroatoms. The lowest BCUT2D eigenvalue weighted by atomic mass is 9.79. The number of nitrogens with zero attached hydrogens (tertiary/aromatic N) is 2. The highest BCUT2D eigenvalue weighted by Crippen LogP contribution is 2.52. The van der Waals surface area contributed by atoms with E-state index in [1.807, 2.05) is 30.3 Å². The molecule has 0 aliphatic heterocycles. The summed E-state index contributed by atoms with van der Waals surface area (Å²) in [7, 11) is 0. The lowest BCUT2D eigenvalue weighted by molar-refractivity contribution is 0.666. The number of hydrogen-bond acceptors (Lipinski definition) is 3. The fraction of sp³-hybridized carbons (Fsp3) is 0.0588. The normalized spacial score (nSPS) is 13.1. The number of benzene rings is 8. The zero-order valence-electron chi connectivity index (χ0n) is 30.0. The van der Waals surface area contributed by atoms with Gasteiger partial charge in [0, 0.05) is 32.9 Å². The SMILES string of the molecule is CC1(C)c2cc(-c3ccc(-c4cc(-c5ccc6c(c5)oc5ccccc56)nc(-c5ccccc5)n4)c4ccccc34)ccc2-c2ccc3ccccc3c21. The molecule has 1 aliphatic rings. The summed E-state index contributed by atoms with van der Waals surface area (Å²) in [6.45, 7) is 4.75. The fourth-order valence-corrected chi connectivity index (χ4v) is 8.88. The maximum atomic E-state index is 6.29. The van der Waals surface area contributed by atoms with Gasteiger partial charge in [-0.1, -0.05) is 153 Å². The Morgan fingerprint density at radius 3 is 1.89 bits per heavy atom. The first-order valence-electron chi connectivity index (χ1n) is 18.6. The van der Waals surface area contributed by atoms with Crippen molar-refractivity contribution in [1.82, 2.24) is 9.97 Å². The third-order valence-electron chi connectivity index (χ3n) is 11.5. The van der Waals surface area contributed by atoms with Crippen LogP contribution < -0.4 is 0 Å². The summed E-state index contributed by atoms with van der Waals surface area (Å²) >= 11 is 0. The summed E-state index contributed by atoms with van der Waals surface area (Å²) < 4.78 is 6.29. The highest BCUT2D eigenvalue weighted by molar-refractivity contribution is 6.07. The van der Waals surface area contributed by atoms with Crippen LogP contribution in [-0.4, -0.2) is 9.97 Å². The molecule has 0 amide bonds. The van der Waals surface area contributed by atoms with Crippen LogP contribution in [-0.2, 0) is 5.41 Å². The largest absolute Gasteiger partial charge is 0.456 e. The molecule has 2 aromatic heterocycles. The zero-order valence-corrected chi connectivity index (χ0v) is 30.0. The molecule has 0 N–H and O–H groups in total. The number of para-hydroxylation sites is 1. The number of fused-ring (bicyclic) bond motifs is 9. The van der Waals surface area contributed by atoms with E-state index < -0.39 is 0 Å². The molecule has 0 bridgehead atoms. The number of rotatable bonds is 4. The van der Waals surface area contributed by atoms with Crippen LogP contribution in [0.1, 0.15) is 25.0 Å². The van der Waals surface area contributed by atoms with Gasteiger partial charge < -0.3 is 4.42 Å². The maximum absolute atomic E-state index is 6.29. The summed E-state index contributed by atoms with van der Waals surface area (Å²) in [6.07, 6.45) is 0. The van der Waals surface area contributed by atoms with Crippen LogP contribution in [0.2, 0.25) is 0 Å². The molecular weight excluding hydrogens is 657 g/mol. The molecule has 0 saturated heterocycles. The van der Waals surface area contributed by atoms with Gasteiger partial charge in [-0.05, 0) is 85.3 Å². The Kier molecular flexibility index (Phi) is 6.60. The third kappa shape index (κ3) is 4.61. The summed E-state index contributed by atoms with van der Waals surface area (Å²) in [4.78, 5) is 10.4. The molecule has 254 valence electrons. The molecule has 0 unspecified atom stereocenters. The second-order valence-electron chi connectivity index (χ2n) is 14.9.